The van der Waals surface area contributed by atoms with Crippen molar-refractivity contribution < 1.29 is 14.1 Å². The summed E-state index contributed by atoms with van der Waals surface area (Å²) in [4.78, 5) is 25.8. The van der Waals surface area contributed by atoms with Gasteiger partial charge >= 0.3 is 0 Å². The quantitative estimate of drug-likeness (QED) is 0.449. The molecule has 0 spiro atoms. The number of aromatic amines is 1. The molecule has 0 atom stereocenters. The minimum atomic E-state index is -0.509. The van der Waals surface area contributed by atoms with E-state index in [-0.39, 0.29) is 22.4 Å². The van der Waals surface area contributed by atoms with Gasteiger partial charge in [0.1, 0.15) is 0 Å². The number of H-pyrrole nitrogens is 1. The van der Waals surface area contributed by atoms with Crippen molar-refractivity contribution in [1.29, 1.82) is 0 Å². The molecular formula is C13H7BrN2O4. The Bertz CT molecular complexity index is 834. The third-order valence-electron chi connectivity index (χ3n) is 2.92. The number of rotatable bonds is 3. The van der Waals surface area contributed by atoms with Gasteiger partial charge in [0.2, 0.25) is 5.78 Å². The van der Waals surface area contributed by atoms with Crippen molar-refractivity contribution in [1.82, 2.24) is 4.98 Å². The average Bonchev–Trinajstić information content (AvgIpc) is 3.03. The van der Waals surface area contributed by atoms with Gasteiger partial charge in [-0.2, -0.15) is 0 Å². The summed E-state index contributed by atoms with van der Waals surface area (Å²) in [7, 11) is 0. The number of hydrogen-bond donors (Lipinski definition) is 1. The molecule has 3 aromatic rings. The molecule has 0 aliphatic heterocycles. The van der Waals surface area contributed by atoms with Crippen LogP contribution in [0.3, 0.4) is 0 Å². The van der Waals surface area contributed by atoms with Crippen molar-refractivity contribution >= 4 is 38.3 Å². The number of nitrogens with one attached hydrogen (secondary N) is 1. The fraction of sp³-hybridized carbons (Fsp3) is 0. The van der Waals surface area contributed by atoms with Crippen LogP contribution in [0.2, 0.25) is 0 Å². The molecular weight excluding hydrogens is 328 g/mol. The van der Waals surface area contributed by atoms with Crippen LogP contribution in [-0.4, -0.2) is 15.7 Å². The first-order valence-corrected chi connectivity index (χ1v) is 6.42. The lowest BCUT2D eigenvalue weighted by molar-refractivity contribution is -0.383. The third kappa shape index (κ3) is 1.92. The Morgan fingerprint density at radius 1 is 1.30 bits per heavy atom. The Hall–Kier alpha value is -2.41. The highest BCUT2D eigenvalue weighted by Gasteiger charge is 2.23. The van der Waals surface area contributed by atoms with E-state index in [0.29, 0.717) is 10.2 Å². The predicted octanol–water partition coefficient (Wildman–Crippen LogP) is 3.66. The van der Waals surface area contributed by atoms with Gasteiger partial charge in [-0.15, -0.1) is 0 Å². The van der Waals surface area contributed by atoms with Crippen molar-refractivity contribution in [3.8, 4) is 0 Å². The maximum absolute atomic E-state index is 12.4. The van der Waals surface area contributed by atoms with E-state index in [1.54, 1.807) is 18.2 Å². The number of hydrogen-bond acceptors (Lipinski definition) is 4. The van der Waals surface area contributed by atoms with Crippen molar-refractivity contribution in [3.05, 3.63) is 62.6 Å². The molecule has 2 heterocycles. The number of carbonyl (C=O) groups excluding carboxylic acids is 1. The fourth-order valence-electron chi connectivity index (χ4n) is 2.07. The summed E-state index contributed by atoms with van der Waals surface area (Å²) in [6.07, 6.45) is 1.45. The number of carbonyl (C=O) groups is 1. The topological polar surface area (TPSA) is 89.1 Å². The van der Waals surface area contributed by atoms with Crippen molar-refractivity contribution in [2.75, 3.05) is 0 Å². The zero-order valence-corrected chi connectivity index (χ0v) is 11.5. The molecule has 6 nitrogen and oxygen atoms in total. The number of nitro groups is 1. The zero-order valence-electron chi connectivity index (χ0n) is 9.92. The van der Waals surface area contributed by atoms with Crippen LogP contribution in [0.1, 0.15) is 16.1 Å². The molecule has 0 saturated heterocycles. The molecule has 0 fully saturated rings. The molecule has 0 amide bonds. The smallest absolute Gasteiger partial charge is 0.279 e. The highest BCUT2D eigenvalue weighted by molar-refractivity contribution is 9.10. The lowest BCUT2D eigenvalue weighted by Crippen LogP contribution is -1.99. The van der Waals surface area contributed by atoms with Crippen molar-refractivity contribution in [3.63, 3.8) is 0 Å². The number of aromatic nitrogens is 1. The maximum atomic E-state index is 12.4. The first kappa shape index (κ1) is 12.6. The maximum Gasteiger partial charge on any atom is 0.279 e. The van der Waals surface area contributed by atoms with E-state index in [2.05, 4.69) is 20.9 Å². The average molecular weight is 335 g/mol. The van der Waals surface area contributed by atoms with E-state index in [0.717, 1.165) is 0 Å². The highest BCUT2D eigenvalue weighted by atomic mass is 79.9. The van der Waals surface area contributed by atoms with Gasteiger partial charge in [0.05, 0.1) is 21.4 Å². The Balaban J connectivity index is 2.22. The number of fused-ring (bicyclic) bond motifs is 1. The van der Waals surface area contributed by atoms with Crippen LogP contribution < -0.4 is 0 Å². The van der Waals surface area contributed by atoms with E-state index in [9.17, 15) is 14.9 Å². The Morgan fingerprint density at radius 3 is 2.75 bits per heavy atom. The summed E-state index contributed by atoms with van der Waals surface area (Å²) in [6.45, 7) is 0. The Kier molecular flexibility index (Phi) is 2.90. The molecule has 1 aromatic carbocycles. The summed E-state index contributed by atoms with van der Waals surface area (Å²) in [5.41, 5.74) is 0.639. The monoisotopic (exact) mass is 334 g/mol. The molecule has 0 unspecified atom stereocenters. The number of halogens is 1. The van der Waals surface area contributed by atoms with Gasteiger partial charge in [0.15, 0.2) is 10.4 Å². The van der Waals surface area contributed by atoms with Crippen LogP contribution in [0.4, 0.5) is 5.69 Å². The van der Waals surface area contributed by atoms with Crippen LogP contribution in [0.5, 0.6) is 0 Å². The second-order valence-corrected chi connectivity index (χ2v) is 4.87. The van der Waals surface area contributed by atoms with Crippen molar-refractivity contribution in [2.45, 2.75) is 0 Å². The molecule has 0 aliphatic rings. The van der Waals surface area contributed by atoms with Gasteiger partial charge in [-0.3, -0.25) is 14.9 Å². The Labute approximate surface area is 120 Å². The number of benzene rings is 1. The molecule has 7 heteroatoms. The van der Waals surface area contributed by atoms with Crippen LogP contribution >= 0.6 is 15.9 Å². The van der Waals surface area contributed by atoms with E-state index in [4.69, 9.17) is 4.42 Å². The van der Waals surface area contributed by atoms with E-state index >= 15 is 0 Å². The predicted molar refractivity (Wildman–Crippen MR) is 74.8 cm³/mol. The minimum Gasteiger partial charge on any atom is -0.446 e. The standard InChI is InChI=1S/C13H7BrN2O4/c14-11-5-4-10(20-11)13(17)7-6-15-8-2-1-3-9(12(7)8)16(18)19/h1-6,15H. The molecule has 3 rings (SSSR count). The van der Waals surface area contributed by atoms with Gasteiger partial charge in [-0.05, 0) is 34.1 Å². The van der Waals surface area contributed by atoms with Gasteiger partial charge in [0.25, 0.3) is 5.69 Å². The summed E-state index contributed by atoms with van der Waals surface area (Å²) in [5.74, 6) is -0.285. The number of ketones is 1. The normalized spacial score (nSPS) is 10.8. The van der Waals surface area contributed by atoms with E-state index < -0.39 is 10.7 Å². The third-order valence-corrected chi connectivity index (χ3v) is 3.35. The summed E-state index contributed by atoms with van der Waals surface area (Å²) < 4.78 is 5.63. The van der Waals surface area contributed by atoms with Gasteiger partial charge < -0.3 is 9.40 Å². The molecule has 20 heavy (non-hydrogen) atoms. The summed E-state index contributed by atoms with van der Waals surface area (Å²) >= 11 is 3.12. The largest absolute Gasteiger partial charge is 0.446 e. The van der Waals surface area contributed by atoms with Crippen LogP contribution in [0.25, 0.3) is 10.9 Å². The lowest BCUT2D eigenvalue weighted by atomic mass is 10.1. The zero-order chi connectivity index (χ0) is 14.3. The molecule has 0 radical (unpaired) electrons. The van der Waals surface area contributed by atoms with Crippen LogP contribution in [-0.2, 0) is 0 Å². The first-order valence-electron chi connectivity index (χ1n) is 5.62. The van der Waals surface area contributed by atoms with Crippen molar-refractivity contribution in [2.24, 2.45) is 0 Å². The first-order chi connectivity index (χ1) is 9.58. The molecule has 0 aliphatic carbocycles. The van der Waals surface area contributed by atoms with Gasteiger partial charge in [-0.25, -0.2) is 0 Å². The van der Waals surface area contributed by atoms with E-state index in [1.807, 2.05) is 0 Å². The second-order valence-electron chi connectivity index (χ2n) is 4.09. The van der Waals surface area contributed by atoms with Gasteiger partial charge in [0, 0.05) is 12.3 Å². The second kappa shape index (κ2) is 4.61. The number of non-ortho nitro benzene ring substituents is 1. The van der Waals surface area contributed by atoms with Crippen LogP contribution in [0, 0.1) is 10.1 Å². The molecule has 100 valence electrons. The molecule has 2 aromatic heterocycles. The van der Waals surface area contributed by atoms with E-state index in [1.165, 1.54) is 18.3 Å². The number of nitro benzene ring substituents is 1. The number of nitrogens with zero attached hydrogens (tertiary/aromatic N) is 1. The SMILES string of the molecule is O=C(c1ccc(Br)o1)c1c[nH]c2cccc([N+](=O)[O-])c12. The number of furan rings is 1. The summed E-state index contributed by atoms with van der Waals surface area (Å²) in [5, 5.41) is 11.4. The lowest BCUT2D eigenvalue weighted by Gasteiger charge is -1.97. The minimum absolute atomic E-state index is 0.113. The highest BCUT2D eigenvalue weighted by Crippen LogP contribution is 2.30. The fourth-order valence-corrected chi connectivity index (χ4v) is 2.37. The Morgan fingerprint density at radius 2 is 2.10 bits per heavy atom. The molecule has 0 bridgehead atoms. The van der Waals surface area contributed by atoms with Gasteiger partial charge in [-0.1, -0.05) is 6.07 Å². The summed E-state index contributed by atoms with van der Waals surface area (Å²) in [6, 6.07) is 7.72. The van der Waals surface area contributed by atoms with Crippen LogP contribution in [0.15, 0.2) is 45.6 Å². The molecule has 1 N–H and O–H groups in total. The molecule has 0 saturated carbocycles.